The second kappa shape index (κ2) is 4.62. The number of nitrogens with one attached hydrogen (secondary N) is 1. The molecule has 0 saturated heterocycles. The van der Waals surface area contributed by atoms with Gasteiger partial charge in [-0.3, -0.25) is 0 Å². The molecule has 1 aromatic carbocycles. The molecule has 2 aromatic rings. The van der Waals surface area contributed by atoms with Crippen molar-refractivity contribution in [1.29, 1.82) is 0 Å². The predicted molar refractivity (Wildman–Crippen MR) is 67.2 cm³/mol. The molecule has 0 saturated carbocycles. The van der Waals surface area contributed by atoms with Gasteiger partial charge >= 0.3 is 0 Å². The van der Waals surface area contributed by atoms with E-state index in [0.717, 1.165) is 0 Å². The van der Waals surface area contributed by atoms with Gasteiger partial charge in [0.05, 0.1) is 0 Å². The molecule has 0 amide bonds. The summed E-state index contributed by atoms with van der Waals surface area (Å²) in [5, 5.41) is 0. The molecule has 2 heterocycles. The fourth-order valence-electron chi connectivity index (χ4n) is 1.73. The van der Waals surface area contributed by atoms with Gasteiger partial charge in [-0.15, -0.1) is 0 Å². The Balaban J connectivity index is 1.86. The molecule has 1 aliphatic heterocycles. The normalized spacial score (nSPS) is 12.3. The average Bonchev–Trinajstić information content (AvgIpc) is 2.85. The summed E-state index contributed by atoms with van der Waals surface area (Å²) in [6, 6.07) is 6.92. The Labute approximate surface area is 109 Å². The van der Waals surface area contributed by atoms with Crippen molar-refractivity contribution in [2.45, 2.75) is 6.92 Å². The molecule has 0 radical (unpaired) electrons. The Hall–Kier alpha value is -2.54. The van der Waals surface area contributed by atoms with Crippen molar-refractivity contribution in [3.8, 4) is 23.1 Å². The van der Waals surface area contributed by atoms with E-state index in [0.29, 0.717) is 34.8 Å². The van der Waals surface area contributed by atoms with Crippen molar-refractivity contribution in [2.75, 3.05) is 12.2 Å². The fourth-order valence-corrected chi connectivity index (χ4v) is 1.73. The van der Waals surface area contributed by atoms with E-state index in [1.807, 2.05) is 0 Å². The number of nitrogens with two attached hydrogens (primary N) is 1. The van der Waals surface area contributed by atoms with E-state index in [2.05, 4.69) is 15.4 Å². The molecule has 0 unspecified atom stereocenters. The van der Waals surface area contributed by atoms with Gasteiger partial charge in [0, 0.05) is 12.1 Å². The van der Waals surface area contributed by atoms with Gasteiger partial charge in [-0.1, -0.05) is 0 Å². The van der Waals surface area contributed by atoms with Crippen molar-refractivity contribution in [3.63, 3.8) is 0 Å². The first-order valence-electron chi connectivity index (χ1n) is 5.64. The van der Waals surface area contributed by atoms with Crippen molar-refractivity contribution >= 4 is 5.82 Å². The van der Waals surface area contributed by atoms with Crippen LogP contribution in [-0.4, -0.2) is 16.8 Å². The summed E-state index contributed by atoms with van der Waals surface area (Å²) in [5.74, 6) is 8.73. The van der Waals surface area contributed by atoms with Crippen LogP contribution in [-0.2, 0) is 0 Å². The number of rotatable bonds is 3. The second-order valence-corrected chi connectivity index (χ2v) is 3.90. The number of aromatic nitrogens is 2. The standard InChI is InChI=1S/C12H12N4O3/c1-7-14-11(16-13)5-12(15-7)19-8-2-3-9-10(4-8)18-6-17-9/h2-5H,6,13H2,1H3,(H,14,15,16). The number of hydrogen-bond acceptors (Lipinski definition) is 7. The number of aryl methyl sites for hydroxylation is 1. The van der Waals surface area contributed by atoms with Crippen LogP contribution < -0.4 is 25.5 Å². The molecule has 3 N–H and O–H groups in total. The summed E-state index contributed by atoms with van der Waals surface area (Å²) in [6.45, 7) is 1.99. The summed E-state index contributed by atoms with van der Waals surface area (Å²) in [4.78, 5) is 8.25. The van der Waals surface area contributed by atoms with Gasteiger partial charge in [-0.25, -0.2) is 10.8 Å². The quantitative estimate of drug-likeness (QED) is 0.639. The molecule has 7 nitrogen and oxygen atoms in total. The van der Waals surface area contributed by atoms with Crippen LogP contribution in [0.3, 0.4) is 0 Å². The second-order valence-electron chi connectivity index (χ2n) is 3.90. The molecule has 19 heavy (non-hydrogen) atoms. The third-order valence-electron chi connectivity index (χ3n) is 2.53. The summed E-state index contributed by atoms with van der Waals surface area (Å²) in [6.07, 6.45) is 0. The van der Waals surface area contributed by atoms with Crippen LogP contribution in [0.5, 0.6) is 23.1 Å². The molecular weight excluding hydrogens is 248 g/mol. The molecule has 3 rings (SSSR count). The van der Waals surface area contributed by atoms with Gasteiger partial charge < -0.3 is 19.6 Å². The van der Waals surface area contributed by atoms with E-state index in [1.165, 1.54) is 0 Å². The maximum atomic E-state index is 5.64. The first-order valence-corrected chi connectivity index (χ1v) is 5.64. The largest absolute Gasteiger partial charge is 0.454 e. The number of ether oxygens (including phenoxy) is 3. The summed E-state index contributed by atoms with van der Waals surface area (Å²) in [5.41, 5.74) is 2.46. The Bertz CT molecular complexity index is 618. The van der Waals surface area contributed by atoms with Crippen LogP contribution in [0.1, 0.15) is 5.82 Å². The molecule has 1 aromatic heterocycles. The number of benzene rings is 1. The summed E-state index contributed by atoms with van der Waals surface area (Å²) < 4.78 is 16.2. The number of nitrogen functional groups attached to an aromatic ring is 1. The maximum absolute atomic E-state index is 5.64. The van der Waals surface area contributed by atoms with Crippen LogP contribution in [0.15, 0.2) is 24.3 Å². The molecule has 1 aliphatic rings. The molecule has 0 aliphatic carbocycles. The minimum absolute atomic E-state index is 0.229. The number of anilines is 1. The van der Waals surface area contributed by atoms with Gasteiger partial charge in [0.2, 0.25) is 12.7 Å². The lowest BCUT2D eigenvalue weighted by molar-refractivity contribution is 0.174. The Morgan fingerprint density at radius 1 is 1.21 bits per heavy atom. The molecule has 98 valence electrons. The zero-order chi connectivity index (χ0) is 13.2. The number of hydrogen-bond donors (Lipinski definition) is 2. The molecule has 0 bridgehead atoms. The van der Waals surface area contributed by atoms with E-state index in [4.69, 9.17) is 20.1 Å². The highest BCUT2D eigenvalue weighted by Gasteiger charge is 2.14. The van der Waals surface area contributed by atoms with Gasteiger partial charge in [0.15, 0.2) is 11.5 Å². The van der Waals surface area contributed by atoms with Gasteiger partial charge in [-0.05, 0) is 19.1 Å². The number of hydrazine groups is 1. The van der Waals surface area contributed by atoms with E-state index in [1.54, 1.807) is 31.2 Å². The molecule has 0 atom stereocenters. The van der Waals surface area contributed by atoms with Gasteiger partial charge in [0.25, 0.3) is 0 Å². The van der Waals surface area contributed by atoms with Crippen LogP contribution in [0.4, 0.5) is 5.82 Å². The Morgan fingerprint density at radius 3 is 2.89 bits per heavy atom. The monoisotopic (exact) mass is 260 g/mol. The van der Waals surface area contributed by atoms with E-state index in [-0.39, 0.29) is 6.79 Å². The smallest absolute Gasteiger partial charge is 0.231 e. The lowest BCUT2D eigenvalue weighted by Crippen LogP contribution is -2.09. The van der Waals surface area contributed by atoms with Gasteiger partial charge in [0.1, 0.15) is 17.4 Å². The highest BCUT2D eigenvalue weighted by Crippen LogP contribution is 2.36. The van der Waals surface area contributed by atoms with Crippen LogP contribution >= 0.6 is 0 Å². The van der Waals surface area contributed by atoms with Crippen molar-refractivity contribution < 1.29 is 14.2 Å². The summed E-state index contributed by atoms with van der Waals surface area (Å²) in [7, 11) is 0. The van der Waals surface area contributed by atoms with Gasteiger partial charge in [-0.2, -0.15) is 4.98 Å². The number of nitrogens with zero attached hydrogens (tertiary/aromatic N) is 2. The highest BCUT2D eigenvalue weighted by molar-refractivity contribution is 5.48. The maximum Gasteiger partial charge on any atom is 0.231 e. The lowest BCUT2D eigenvalue weighted by atomic mass is 10.3. The van der Waals surface area contributed by atoms with Crippen LogP contribution in [0.25, 0.3) is 0 Å². The average molecular weight is 260 g/mol. The molecule has 0 fully saturated rings. The predicted octanol–water partition coefficient (Wildman–Crippen LogP) is 1.59. The molecular formula is C12H12N4O3. The van der Waals surface area contributed by atoms with Crippen molar-refractivity contribution in [2.24, 2.45) is 5.84 Å². The highest BCUT2D eigenvalue weighted by atomic mass is 16.7. The third-order valence-corrected chi connectivity index (χ3v) is 2.53. The molecule has 7 heteroatoms. The lowest BCUT2D eigenvalue weighted by Gasteiger charge is -2.07. The van der Waals surface area contributed by atoms with E-state index >= 15 is 0 Å². The Morgan fingerprint density at radius 2 is 2.05 bits per heavy atom. The third kappa shape index (κ3) is 2.36. The fraction of sp³-hybridized carbons (Fsp3) is 0.167. The number of fused-ring (bicyclic) bond motifs is 1. The van der Waals surface area contributed by atoms with Crippen LogP contribution in [0.2, 0.25) is 0 Å². The molecule has 0 spiro atoms. The SMILES string of the molecule is Cc1nc(NN)cc(Oc2ccc3c(c2)OCO3)n1. The van der Waals surface area contributed by atoms with Crippen LogP contribution in [0, 0.1) is 6.92 Å². The first-order chi connectivity index (χ1) is 9.24. The van der Waals surface area contributed by atoms with E-state index < -0.39 is 0 Å². The topological polar surface area (TPSA) is 91.5 Å². The van der Waals surface area contributed by atoms with Crippen molar-refractivity contribution in [1.82, 2.24) is 9.97 Å². The minimum atomic E-state index is 0.229. The zero-order valence-corrected chi connectivity index (χ0v) is 10.2. The summed E-state index contributed by atoms with van der Waals surface area (Å²) >= 11 is 0. The first kappa shape index (κ1) is 11.5. The van der Waals surface area contributed by atoms with E-state index in [9.17, 15) is 0 Å². The van der Waals surface area contributed by atoms with Crippen molar-refractivity contribution in [3.05, 3.63) is 30.1 Å². The zero-order valence-electron chi connectivity index (χ0n) is 10.2. The minimum Gasteiger partial charge on any atom is -0.454 e. The Kier molecular flexibility index (Phi) is 2.81.